The molecule has 0 radical (unpaired) electrons. The van der Waals surface area contributed by atoms with Crippen LogP contribution >= 0.6 is 0 Å². The van der Waals surface area contributed by atoms with Gasteiger partial charge < -0.3 is 33.2 Å². The van der Waals surface area contributed by atoms with E-state index in [1.807, 2.05) is 0 Å². The van der Waals surface area contributed by atoms with Gasteiger partial charge in [0.05, 0.1) is 28.4 Å². The Morgan fingerprint density at radius 3 is 1.16 bits per heavy atom. The molecule has 7 heteroatoms. The monoisotopic (exact) mass is 530 g/mol. The van der Waals surface area contributed by atoms with Crippen LogP contribution in [0.2, 0.25) is 0 Å². The molecule has 0 aliphatic heterocycles. The van der Waals surface area contributed by atoms with Crippen LogP contribution in [0.1, 0.15) is 118 Å². The number of allylic oxidation sites excluding steroid dienone is 2. The van der Waals surface area contributed by atoms with Crippen LogP contribution in [0.15, 0.2) is 23.0 Å². The molecular formula is C30H58O7. The summed E-state index contributed by atoms with van der Waals surface area (Å²) in [6.07, 6.45) is 13.9. The van der Waals surface area contributed by atoms with Crippen molar-refractivity contribution in [1.29, 1.82) is 0 Å². The summed E-state index contributed by atoms with van der Waals surface area (Å²) < 4.78 is 41.0. The van der Waals surface area contributed by atoms with Gasteiger partial charge in [-0.3, -0.25) is 0 Å². The molecule has 0 bridgehead atoms. The Balaban J connectivity index is 5.22. The van der Waals surface area contributed by atoms with E-state index in [2.05, 4.69) is 27.7 Å². The zero-order chi connectivity index (χ0) is 27.7. The fraction of sp³-hybridized carbons (Fsp3) is 0.867. The topological polar surface area (TPSA) is 64.6 Å². The molecule has 0 saturated carbocycles. The Kier molecular flexibility index (Phi) is 23.9. The lowest BCUT2D eigenvalue weighted by Gasteiger charge is -2.24. The highest BCUT2D eigenvalue weighted by molar-refractivity contribution is 5.08. The Labute approximate surface area is 228 Å². The Morgan fingerprint density at radius 1 is 0.486 bits per heavy atom. The SMILES string of the molecule is CCCCCC(OC)=C(OC)C(CCCC)OCOCOC(CCCC)C(OC)=C(CCCCC)OC. The largest absolute Gasteiger partial charge is 0.497 e. The van der Waals surface area contributed by atoms with Gasteiger partial charge in [-0.2, -0.15) is 0 Å². The second kappa shape index (κ2) is 24.9. The van der Waals surface area contributed by atoms with Gasteiger partial charge >= 0.3 is 0 Å². The van der Waals surface area contributed by atoms with E-state index in [4.69, 9.17) is 33.2 Å². The minimum absolute atomic E-state index is 0.105. The molecule has 0 saturated heterocycles. The molecule has 0 aromatic heterocycles. The van der Waals surface area contributed by atoms with Crippen LogP contribution in [0.4, 0.5) is 0 Å². The van der Waals surface area contributed by atoms with Crippen molar-refractivity contribution in [1.82, 2.24) is 0 Å². The maximum absolute atomic E-state index is 6.14. The van der Waals surface area contributed by atoms with E-state index in [-0.39, 0.29) is 25.8 Å². The first-order chi connectivity index (χ1) is 18.1. The highest BCUT2D eigenvalue weighted by atomic mass is 16.7. The van der Waals surface area contributed by atoms with Crippen molar-refractivity contribution in [3.8, 4) is 0 Å². The minimum atomic E-state index is -0.217. The van der Waals surface area contributed by atoms with Gasteiger partial charge in [0, 0.05) is 12.8 Å². The smallest absolute Gasteiger partial charge is 0.162 e. The van der Waals surface area contributed by atoms with Gasteiger partial charge in [-0.1, -0.05) is 79.1 Å². The second-order valence-corrected chi connectivity index (χ2v) is 9.34. The van der Waals surface area contributed by atoms with Crippen molar-refractivity contribution in [3.63, 3.8) is 0 Å². The molecule has 2 atom stereocenters. The van der Waals surface area contributed by atoms with Crippen LogP contribution in [0, 0.1) is 0 Å². The molecule has 0 aromatic rings. The fourth-order valence-electron chi connectivity index (χ4n) is 4.23. The average Bonchev–Trinajstić information content (AvgIpc) is 2.92. The summed E-state index contributed by atoms with van der Waals surface area (Å²) in [6, 6.07) is 0. The maximum Gasteiger partial charge on any atom is 0.162 e. The summed E-state index contributed by atoms with van der Waals surface area (Å²) in [5, 5.41) is 0. The van der Waals surface area contributed by atoms with Crippen LogP contribution in [-0.4, -0.2) is 54.2 Å². The van der Waals surface area contributed by atoms with Gasteiger partial charge in [0.25, 0.3) is 0 Å². The van der Waals surface area contributed by atoms with Crippen molar-refractivity contribution < 1.29 is 33.2 Å². The summed E-state index contributed by atoms with van der Waals surface area (Å²) >= 11 is 0. The Hall–Kier alpha value is -1.44. The fourth-order valence-corrected chi connectivity index (χ4v) is 4.23. The van der Waals surface area contributed by atoms with E-state index in [0.29, 0.717) is 0 Å². The van der Waals surface area contributed by atoms with Crippen LogP contribution in [0.3, 0.4) is 0 Å². The van der Waals surface area contributed by atoms with Crippen molar-refractivity contribution in [2.75, 3.05) is 42.0 Å². The van der Waals surface area contributed by atoms with E-state index >= 15 is 0 Å². The standard InChI is InChI=1S/C30H58O7/c1-9-13-17-21-25(31-5)29(33-7)27(19-15-11-3)36-23-35-24-37-28(20-16-12-4)30(34-8)26(32-6)22-18-14-10-2/h27-28H,9-24H2,1-8H3. The third-order valence-corrected chi connectivity index (χ3v) is 6.43. The van der Waals surface area contributed by atoms with Crippen molar-refractivity contribution in [3.05, 3.63) is 23.0 Å². The summed E-state index contributed by atoms with van der Waals surface area (Å²) in [5.74, 6) is 3.24. The number of unbranched alkanes of at least 4 members (excludes halogenated alkanes) is 6. The summed E-state index contributed by atoms with van der Waals surface area (Å²) in [5.41, 5.74) is 0. The predicted molar refractivity (Wildman–Crippen MR) is 150 cm³/mol. The van der Waals surface area contributed by atoms with Gasteiger partial charge in [0.15, 0.2) is 25.1 Å². The molecule has 0 amide bonds. The molecule has 0 N–H and O–H groups in total. The molecule has 220 valence electrons. The summed E-state index contributed by atoms with van der Waals surface area (Å²) in [7, 11) is 6.78. The number of hydrogen-bond donors (Lipinski definition) is 0. The molecule has 0 rings (SSSR count). The predicted octanol–water partition coefficient (Wildman–Crippen LogP) is 8.24. The van der Waals surface area contributed by atoms with Gasteiger partial charge in [-0.25, -0.2) is 0 Å². The average molecular weight is 531 g/mol. The highest BCUT2D eigenvalue weighted by Crippen LogP contribution is 2.25. The molecule has 0 aliphatic rings. The van der Waals surface area contributed by atoms with E-state index in [1.165, 1.54) is 0 Å². The van der Waals surface area contributed by atoms with Crippen LogP contribution in [-0.2, 0) is 33.2 Å². The van der Waals surface area contributed by atoms with E-state index in [1.54, 1.807) is 28.4 Å². The number of methoxy groups -OCH3 is 4. The third kappa shape index (κ3) is 15.5. The normalized spacial score (nSPS) is 14.5. The summed E-state index contributed by atoms with van der Waals surface area (Å²) in [4.78, 5) is 0. The summed E-state index contributed by atoms with van der Waals surface area (Å²) in [6.45, 7) is 8.94. The van der Waals surface area contributed by atoms with Gasteiger partial charge in [-0.05, 0) is 25.7 Å². The van der Waals surface area contributed by atoms with Crippen LogP contribution in [0.5, 0.6) is 0 Å². The van der Waals surface area contributed by atoms with Gasteiger partial charge in [0.2, 0.25) is 0 Å². The number of ether oxygens (including phenoxy) is 7. The first kappa shape index (κ1) is 35.6. The first-order valence-electron chi connectivity index (χ1n) is 14.5. The Morgan fingerprint density at radius 2 is 0.865 bits per heavy atom. The van der Waals surface area contributed by atoms with Gasteiger partial charge in [-0.15, -0.1) is 0 Å². The van der Waals surface area contributed by atoms with Crippen LogP contribution < -0.4 is 0 Å². The van der Waals surface area contributed by atoms with Crippen LogP contribution in [0.25, 0.3) is 0 Å². The second-order valence-electron chi connectivity index (χ2n) is 9.34. The zero-order valence-electron chi connectivity index (χ0n) is 25.3. The molecule has 0 aliphatic carbocycles. The van der Waals surface area contributed by atoms with Crippen molar-refractivity contribution >= 4 is 0 Å². The minimum Gasteiger partial charge on any atom is -0.497 e. The molecule has 2 unspecified atom stereocenters. The lowest BCUT2D eigenvalue weighted by molar-refractivity contribution is -0.165. The zero-order valence-corrected chi connectivity index (χ0v) is 25.3. The molecule has 37 heavy (non-hydrogen) atoms. The maximum atomic E-state index is 6.14. The molecule has 7 nitrogen and oxygen atoms in total. The Bertz CT molecular complexity index is 538. The lowest BCUT2D eigenvalue weighted by Crippen LogP contribution is -2.24. The highest BCUT2D eigenvalue weighted by Gasteiger charge is 2.23. The van der Waals surface area contributed by atoms with Crippen molar-refractivity contribution in [2.45, 2.75) is 130 Å². The molecule has 0 heterocycles. The number of hydrogen-bond acceptors (Lipinski definition) is 7. The van der Waals surface area contributed by atoms with Gasteiger partial charge in [0.1, 0.15) is 23.7 Å². The number of rotatable bonds is 26. The lowest BCUT2D eigenvalue weighted by atomic mass is 10.1. The molecule has 0 spiro atoms. The van der Waals surface area contributed by atoms with E-state index in [0.717, 1.165) is 113 Å². The quantitative estimate of drug-likeness (QED) is 0.0634. The molecular weight excluding hydrogens is 472 g/mol. The molecule has 0 aromatic carbocycles. The van der Waals surface area contributed by atoms with E-state index < -0.39 is 0 Å². The molecule has 0 fully saturated rings. The van der Waals surface area contributed by atoms with E-state index in [9.17, 15) is 0 Å². The van der Waals surface area contributed by atoms with Crippen molar-refractivity contribution in [2.24, 2.45) is 0 Å². The third-order valence-electron chi connectivity index (χ3n) is 6.43. The first-order valence-corrected chi connectivity index (χ1v) is 14.5.